The molecule has 0 unspecified atom stereocenters. The van der Waals surface area contributed by atoms with Crippen LogP contribution in [-0.4, -0.2) is 39.6 Å². The number of amides is 3. The minimum Gasteiger partial charge on any atom is -0.478 e. The third-order valence-electron chi connectivity index (χ3n) is 4.73. The first-order valence-electron chi connectivity index (χ1n) is 10.1. The Morgan fingerprint density at radius 1 is 0.941 bits per heavy atom. The van der Waals surface area contributed by atoms with Gasteiger partial charge in [0.15, 0.2) is 0 Å². The number of aromatic carboxylic acids is 1. The molecule has 3 amide bonds. The van der Waals surface area contributed by atoms with Crippen LogP contribution in [0.5, 0.6) is 11.5 Å². The van der Waals surface area contributed by atoms with E-state index in [2.05, 4.69) is 5.32 Å². The molecule has 1 saturated heterocycles. The first-order chi connectivity index (χ1) is 16.4. The minimum atomic E-state index is -1.08. The smallest absolute Gasteiger partial charge is 0.335 e. The molecule has 34 heavy (non-hydrogen) atoms. The Hall–Kier alpha value is -4.37. The Balaban J connectivity index is 1.41. The number of nitrogens with one attached hydrogen (secondary N) is 1. The van der Waals surface area contributed by atoms with Crippen molar-refractivity contribution in [2.24, 2.45) is 0 Å². The third-order valence-corrected chi connectivity index (χ3v) is 5.63. The Morgan fingerprint density at radius 3 is 2.35 bits per heavy atom. The molecule has 0 aromatic heterocycles. The number of hydrogen-bond acceptors (Lipinski definition) is 6. The quantitative estimate of drug-likeness (QED) is 0.471. The number of carbonyl (C=O) groups is 4. The maximum absolute atomic E-state index is 12.7. The summed E-state index contributed by atoms with van der Waals surface area (Å²) in [4.78, 5) is 49.4. The number of ether oxygens (including phenoxy) is 1. The van der Waals surface area contributed by atoms with Gasteiger partial charge in [0, 0.05) is 5.69 Å². The third kappa shape index (κ3) is 5.51. The Morgan fingerprint density at radius 2 is 1.65 bits per heavy atom. The largest absolute Gasteiger partial charge is 0.478 e. The maximum atomic E-state index is 12.7. The number of hydrogen-bond donors (Lipinski definition) is 2. The zero-order chi connectivity index (χ0) is 24.1. The summed E-state index contributed by atoms with van der Waals surface area (Å²) in [5.74, 6) is -0.985. The fourth-order valence-corrected chi connectivity index (χ4v) is 3.96. The van der Waals surface area contributed by atoms with Gasteiger partial charge in [-0.1, -0.05) is 30.3 Å². The molecule has 4 rings (SSSR count). The number of benzene rings is 3. The van der Waals surface area contributed by atoms with Gasteiger partial charge in [-0.25, -0.2) is 4.79 Å². The number of carboxylic acid groups (broad SMARTS) is 1. The summed E-state index contributed by atoms with van der Waals surface area (Å²) < 4.78 is 5.80. The van der Waals surface area contributed by atoms with Crippen molar-refractivity contribution in [3.05, 3.63) is 94.9 Å². The fourth-order valence-electron chi connectivity index (χ4n) is 3.12. The molecule has 1 heterocycles. The highest BCUT2D eigenvalue weighted by Crippen LogP contribution is 2.33. The summed E-state index contributed by atoms with van der Waals surface area (Å²) in [7, 11) is 0. The molecule has 9 heteroatoms. The minimum absolute atomic E-state index is 0.0762. The molecule has 1 aliphatic rings. The number of para-hydroxylation sites is 1. The van der Waals surface area contributed by atoms with Crippen LogP contribution in [-0.2, 0) is 9.59 Å². The molecular formula is C25H18N2O6S. The lowest BCUT2D eigenvalue weighted by Gasteiger charge is -2.12. The van der Waals surface area contributed by atoms with E-state index in [1.807, 2.05) is 30.3 Å². The molecule has 0 spiro atoms. The second-order valence-corrected chi connectivity index (χ2v) is 8.18. The summed E-state index contributed by atoms with van der Waals surface area (Å²) in [6.45, 7) is -0.458. The van der Waals surface area contributed by atoms with E-state index in [-0.39, 0.29) is 10.5 Å². The van der Waals surface area contributed by atoms with Crippen molar-refractivity contribution in [1.29, 1.82) is 0 Å². The van der Waals surface area contributed by atoms with Gasteiger partial charge in [-0.3, -0.25) is 19.3 Å². The van der Waals surface area contributed by atoms with Crippen LogP contribution in [0.3, 0.4) is 0 Å². The predicted octanol–water partition coefficient (Wildman–Crippen LogP) is 4.85. The highest BCUT2D eigenvalue weighted by Gasteiger charge is 2.36. The summed E-state index contributed by atoms with van der Waals surface area (Å²) in [5.41, 5.74) is 1.10. The van der Waals surface area contributed by atoms with Gasteiger partial charge in [0.05, 0.1) is 10.5 Å². The van der Waals surface area contributed by atoms with Crippen LogP contribution in [0.4, 0.5) is 10.5 Å². The number of carboxylic acids is 1. The zero-order valence-electron chi connectivity index (χ0n) is 17.6. The number of thioether (sulfide) groups is 1. The van der Waals surface area contributed by atoms with Gasteiger partial charge >= 0.3 is 5.97 Å². The Bertz CT molecular complexity index is 1290. The van der Waals surface area contributed by atoms with Crippen molar-refractivity contribution in [3.8, 4) is 11.5 Å². The van der Waals surface area contributed by atoms with E-state index in [0.29, 0.717) is 22.7 Å². The highest BCUT2D eigenvalue weighted by molar-refractivity contribution is 8.18. The van der Waals surface area contributed by atoms with Gasteiger partial charge in [-0.2, -0.15) is 0 Å². The summed E-state index contributed by atoms with van der Waals surface area (Å²) >= 11 is 0.752. The van der Waals surface area contributed by atoms with Crippen molar-refractivity contribution in [3.63, 3.8) is 0 Å². The van der Waals surface area contributed by atoms with Crippen LogP contribution >= 0.6 is 11.8 Å². The molecule has 3 aromatic carbocycles. The molecule has 0 bridgehead atoms. The van der Waals surface area contributed by atoms with Crippen LogP contribution in [0.15, 0.2) is 83.8 Å². The van der Waals surface area contributed by atoms with Crippen LogP contribution in [0.2, 0.25) is 0 Å². The Kier molecular flexibility index (Phi) is 6.74. The molecule has 170 valence electrons. The normalized spacial score (nSPS) is 14.4. The first kappa shape index (κ1) is 22.8. The summed E-state index contributed by atoms with van der Waals surface area (Å²) in [6.07, 6.45) is 1.57. The number of imide groups is 1. The zero-order valence-corrected chi connectivity index (χ0v) is 18.5. The second-order valence-electron chi connectivity index (χ2n) is 7.19. The molecule has 3 aromatic rings. The van der Waals surface area contributed by atoms with Crippen LogP contribution in [0.1, 0.15) is 15.9 Å². The predicted molar refractivity (Wildman–Crippen MR) is 128 cm³/mol. The van der Waals surface area contributed by atoms with Gasteiger partial charge in [0.1, 0.15) is 18.0 Å². The lowest BCUT2D eigenvalue weighted by Crippen LogP contribution is -2.36. The van der Waals surface area contributed by atoms with Gasteiger partial charge in [0.25, 0.3) is 11.1 Å². The van der Waals surface area contributed by atoms with E-state index in [1.165, 1.54) is 24.3 Å². The number of rotatable bonds is 7. The average Bonchev–Trinajstić information content (AvgIpc) is 3.07. The lowest BCUT2D eigenvalue weighted by molar-refractivity contribution is -0.127. The maximum Gasteiger partial charge on any atom is 0.335 e. The molecular weight excluding hydrogens is 456 g/mol. The van der Waals surface area contributed by atoms with E-state index < -0.39 is 29.6 Å². The summed E-state index contributed by atoms with van der Waals surface area (Å²) in [5, 5.41) is 10.9. The van der Waals surface area contributed by atoms with Gasteiger partial charge in [-0.15, -0.1) is 0 Å². The second kappa shape index (κ2) is 10.1. The molecule has 0 saturated carbocycles. The van der Waals surface area contributed by atoms with Crippen LogP contribution < -0.4 is 10.1 Å². The van der Waals surface area contributed by atoms with Crippen molar-refractivity contribution in [1.82, 2.24) is 4.90 Å². The standard InChI is InChI=1S/C25H18N2O6S/c28-22(26-18-11-9-17(10-12-18)24(30)31)15-27-23(29)21(34-25(27)32)14-16-5-4-8-20(13-16)33-19-6-2-1-3-7-19/h1-14H,15H2,(H,26,28)(H,30,31). The average molecular weight is 474 g/mol. The first-order valence-corrected chi connectivity index (χ1v) is 10.9. The number of nitrogens with zero attached hydrogens (tertiary/aromatic N) is 1. The molecule has 0 aliphatic carbocycles. The van der Waals surface area contributed by atoms with Gasteiger partial charge in [0.2, 0.25) is 5.91 Å². The molecule has 2 N–H and O–H groups in total. The van der Waals surface area contributed by atoms with E-state index in [1.54, 1.807) is 30.3 Å². The van der Waals surface area contributed by atoms with E-state index in [9.17, 15) is 19.2 Å². The number of carbonyl (C=O) groups excluding carboxylic acids is 3. The van der Waals surface area contributed by atoms with Crippen molar-refractivity contribution in [2.75, 3.05) is 11.9 Å². The molecule has 1 fully saturated rings. The van der Waals surface area contributed by atoms with Gasteiger partial charge in [-0.05, 0) is 71.9 Å². The van der Waals surface area contributed by atoms with Crippen molar-refractivity contribution in [2.45, 2.75) is 0 Å². The van der Waals surface area contributed by atoms with Crippen molar-refractivity contribution < 1.29 is 29.0 Å². The fraction of sp³-hybridized carbons (Fsp3) is 0.0400. The number of anilines is 1. The molecule has 8 nitrogen and oxygen atoms in total. The topological polar surface area (TPSA) is 113 Å². The molecule has 0 radical (unpaired) electrons. The van der Waals surface area contributed by atoms with E-state index in [4.69, 9.17) is 9.84 Å². The lowest BCUT2D eigenvalue weighted by atomic mass is 10.2. The van der Waals surface area contributed by atoms with Crippen LogP contribution in [0, 0.1) is 0 Å². The van der Waals surface area contributed by atoms with Crippen LogP contribution in [0.25, 0.3) is 6.08 Å². The van der Waals surface area contributed by atoms with E-state index in [0.717, 1.165) is 16.7 Å². The van der Waals surface area contributed by atoms with E-state index >= 15 is 0 Å². The highest BCUT2D eigenvalue weighted by atomic mass is 32.2. The monoisotopic (exact) mass is 474 g/mol. The Labute approximate surface area is 198 Å². The van der Waals surface area contributed by atoms with Gasteiger partial charge < -0.3 is 15.2 Å². The molecule has 1 aliphatic heterocycles. The SMILES string of the molecule is O=C(CN1C(=O)SC(=Cc2cccc(Oc3ccccc3)c2)C1=O)Nc1ccc(C(=O)O)cc1. The summed E-state index contributed by atoms with van der Waals surface area (Å²) in [6, 6.07) is 21.9. The molecule has 0 atom stereocenters. The van der Waals surface area contributed by atoms with Crippen molar-refractivity contribution >= 4 is 46.5 Å².